The molecule has 1 N–H and O–H groups in total. The molecule has 6 nitrogen and oxygen atoms in total. The summed E-state index contributed by atoms with van der Waals surface area (Å²) < 4.78 is 28.1. The average Bonchev–Trinajstić information content (AvgIpc) is 1.98. The zero-order valence-corrected chi connectivity index (χ0v) is 9.61. The van der Waals surface area contributed by atoms with Crippen molar-refractivity contribution in [3.8, 4) is 0 Å². The van der Waals surface area contributed by atoms with Crippen molar-refractivity contribution < 1.29 is 17.8 Å². The van der Waals surface area contributed by atoms with Gasteiger partial charge in [0.25, 0.3) is 5.91 Å². The number of likely N-dealkylation sites (N-methyl/N-ethyl adjacent to an activating group) is 1. The van der Waals surface area contributed by atoms with Crippen LogP contribution in [0, 0.1) is 0 Å². The number of hydroxylamine groups is 2. The molecule has 0 rings (SSSR count). The SMILES string of the molecule is CC(NS(C)(=O)=O)C(=O)N(C)OP. The first kappa shape index (κ1) is 12.8. The summed E-state index contributed by atoms with van der Waals surface area (Å²) in [5, 5.41) is 0.924. The van der Waals surface area contributed by atoms with E-state index in [1.165, 1.54) is 14.0 Å². The molecule has 2 unspecified atom stereocenters. The molecule has 0 heterocycles. The molecule has 0 aliphatic carbocycles. The summed E-state index contributed by atoms with van der Waals surface area (Å²) in [5.74, 6) is -0.472. The second-order valence-corrected chi connectivity index (χ2v) is 4.54. The molecular formula is C5H13N2O4PS. The van der Waals surface area contributed by atoms with Gasteiger partial charge in [0, 0.05) is 16.5 Å². The molecule has 0 saturated carbocycles. The highest BCUT2D eigenvalue weighted by Crippen LogP contribution is 1.97. The number of carbonyl (C=O) groups excluding carboxylic acids is 1. The molecule has 1 amide bonds. The van der Waals surface area contributed by atoms with E-state index in [1.807, 2.05) is 9.47 Å². The standard InChI is InChI=1S/C5H13N2O4PS/c1-4(6-13(3,9)10)5(8)7(2)11-12/h4,6H,12H2,1-3H3. The van der Waals surface area contributed by atoms with E-state index in [0.717, 1.165) is 11.3 Å². The second-order valence-electron chi connectivity index (χ2n) is 2.55. The molecule has 0 radical (unpaired) electrons. The van der Waals surface area contributed by atoms with Crippen molar-refractivity contribution in [3.05, 3.63) is 0 Å². The highest BCUT2D eigenvalue weighted by Gasteiger charge is 2.20. The zero-order chi connectivity index (χ0) is 10.6. The van der Waals surface area contributed by atoms with Gasteiger partial charge in [-0.15, -0.1) is 0 Å². The summed E-state index contributed by atoms with van der Waals surface area (Å²) in [6, 6.07) is -0.833. The van der Waals surface area contributed by atoms with Crippen molar-refractivity contribution in [2.75, 3.05) is 13.3 Å². The topological polar surface area (TPSA) is 75.7 Å². The lowest BCUT2D eigenvalue weighted by atomic mass is 10.3. The predicted molar refractivity (Wildman–Crippen MR) is 51.0 cm³/mol. The number of carbonyl (C=O) groups is 1. The number of sulfonamides is 1. The number of rotatable bonds is 4. The molecule has 0 aliphatic rings. The molecule has 0 spiro atoms. The normalized spacial score (nSPS) is 13.8. The summed E-state index contributed by atoms with van der Waals surface area (Å²) in [4.78, 5) is 11.2. The molecule has 0 saturated heterocycles. The van der Waals surface area contributed by atoms with Gasteiger partial charge >= 0.3 is 0 Å². The summed E-state index contributed by atoms with van der Waals surface area (Å²) in [6.45, 7) is 1.43. The van der Waals surface area contributed by atoms with Gasteiger partial charge < -0.3 is 0 Å². The van der Waals surface area contributed by atoms with Crippen molar-refractivity contribution in [3.63, 3.8) is 0 Å². The number of nitrogens with one attached hydrogen (secondary N) is 1. The number of nitrogens with zero attached hydrogens (tertiary/aromatic N) is 1. The molecule has 0 bridgehead atoms. The molecule has 0 aliphatic heterocycles. The van der Waals surface area contributed by atoms with Crippen LogP contribution >= 0.6 is 9.47 Å². The van der Waals surface area contributed by atoms with Crippen LogP contribution in [0.2, 0.25) is 0 Å². The fourth-order valence-electron chi connectivity index (χ4n) is 0.696. The van der Waals surface area contributed by atoms with Crippen LogP contribution in [0.3, 0.4) is 0 Å². The monoisotopic (exact) mass is 228 g/mol. The summed E-state index contributed by atoms with van der Waals surface area (Å²) >= 11 is 0. The van der Waals surface area contributed by atoms with E-state index in [0.29, 0.717) is 0 Å². The van der Waals surface area contributed by atoms with Gasteiger partial charge in [-0.2, -0.15) is 0 Å². The van der Waals surface area contributed by atoms with Crippen molar-refractivity contribution in [2.45, 2.75) is 13.0 Å². The summed E-state index contributed by atoms with van der Waals surface area (Å²) in [7, 11) is -0.0978. The van der Waals surface area contributed by atoms with E-state index >= 15 is 0 Å². The summed E-state index contributed by atoms with van der Waals surface area (Å²) in [5.41, 5.74) is 0. The highest BCUT2D eigenvalue weighted by molar-refractivity contribution is 7.88. The fraction of sp³-hybridized carbons (Fsp3) is 0.800. The Balaban J connectivity index is 4.28. The van der Waals surface area contributed by atoms with E-state index in [4.69, 9.17) is 0 Å². The Morgan fingerprint density at radius 2 is 2.08 bits per heavy atom. The van der Waals surface area contributed by atoms with Gasteiger partial charge in [0.15, 0.2) is 0 Å². The lowest BCUT2D eigenvalue weighted by Crippen LogP contribution is -2.44. The maximum atomic E-state index is 11.2. The maximum absolute atomic E-state index is 11.2. The second kappa shape index (κ2) is 4.85. The largest absolute Gasteiger partial charge is 0.271 e. The van der Waals surface area contributed by atoms with Gasteiger partial charge in [-0.25, -0.2) is 18.2 Å². The lowest BCUT2D eigenvalue weighted by Gasteiger charge is -2.18. The maximum Gasteiger partial charge on any atom is 0.263 e. The quantitative estimate of drug-likeness (QED) is 0.500. The summed E-state index contributed by atoms with van der Waals surface area (Å²) in [6.07, 6.45) is 0.984. The minimum absolute atomic E-state index is 0.472. The van der Waals surface area contributed by atoms with Crippen LogP contribution < -0.4 is 4.72 Å². The Morgan fingerprint density at radius 1 is 1.62 bits per heavy atom. The lowest BCUT2D eigenvalue weighted by molar-refractivity contribution is -0.151. The fourth-order valence-corrected chi connectivity index (χ4v) is 1.54. The van der Waals surface area contributed by atoms with Crippen LogP contribution in [0.15, 0.2) is 0 Å². The average molecular weight is 228 g/mol. The smallest absolute Gasteiger partial charge is 0.263 e. The third-order valence-corrected chi connectivity index (χ3v) is 2.33. The van der Waals surface area contributed by atoms with Crippen LogP contribution in [-0.4, -0.2) is 38.7 Å². The van der Waals surface area contributed by atoms with Crippen LogP contribution in [0.1, 0.15) is 6.92 Å². The van der Waals surface area contributed by atoms with Gasteiger partial charge in [0.05, 0.1) is 12.3 Å². The van der Waals surface area contributed by atoms with Gasteiger partial charge in [-0.05, 0) is 6.92 Å². The molecule has 0 aromatic carbocycles. The molecule has 2 atom stereocenters. The van der Waals surface area contributed by atoms with Crippen molar-refractivity contribution in [1.29, 1.82) is 0 Å². The number of hydrogen-bond donors (Lipinski definition) is 1. The van der Waals surface area contributed by atoms with Gasteiger partial charge in [-0.1, -0.05) is 0 Å². The first-order valence-electron chi connectivity index (χ1n) is 3.39. The van der Waals surface area contributed by atoms with Crippen LogP contribution in [0.5, 0.6) is 0 Å². The van der Waals surface area contributed by atoms with Crippen molar-refractivity contribution >= 4 is 25.4 Å². The van der Waals surface area contributed by atoms with Crippen LogP contribution in [0.25, 0.3) is 0 Å². The highest BCUT2D eigenvalue weighted by atomic mass is 32.2. The first-order chi connectivity index (χ1) is 5.78. The molecule has 8 heteroatoms. The van der Waals surface area contributed by atoms with E-state index in [1.54, 1.807) is 0 Å². The third-order valence-electron chi connectivity index (χ3n) is 1.23. The van der Waals surface area contributed by atoms with E-state index in [-0.39, 0.29) is 0 Å². The Morgan fingerprint density at radius 3 is 2.38 bits per heavy atom. The zero-order valence-electron chi connectivity index (χ0n) is 7.64. The number of amides is 1. The third kappa shape index (κ3) is 5.15. The van der Waals surface area contributed by atoms with Gasteiger partial charge in [0.1, 0.15) is 0 Å². The van der Waals surface area contributed by atoms with E-state index in [2.05, 4.69) is 9.35 Å². The van der Waals surface area contributed by atoms with Crippen LogP contribution in [-0.2, 0) is 19.4 Å². The molecule has 0 fully saturated rings. The molecule has 0 aromatic heterocycles. The molecule has 13 heavy (non-hydrogen) atoms. The van der Waals surface area contributed by atoms with Gasteiger partial charge in [0.2, 0.25) is 10.0 Å². The Bertz CT molecular complexity index is 278. The predicted octanol–water partition coefficient (Wildman–Crippen LogP) is -0.896. The van der Waals surface area contributed by atoms with E-state index < -0.39 is 22.0 Å². The van der Waals surface area contributed by atoms with Crippen molar-refractivity contribution in [2.24, 2.45) is 0 Å². The first-order valence-corrected chi connectivity index (χ1v) is 5.76. The number of hydrogen-bond acceptors (Lipinski definition) is 4. The Labute approximate surface area is 79.9 Å². The van der Waals surface area contributed by atoms with E-state index in [9.17, 15) is 13.2 Å². The minimum atomic E-state index is -3.37. The van der Waals surface area contributed by atoms with Crippen LogP contribution in [0.4, 0.5) is 0 Å². The van der Waals surface area contributed by atoms with Crippen molar-refractivity contribution in [1.82, 2.24) is 9.79 Å². The Hall–Kier alpha value is -0.230. The Kier molecular flexibility index (Phi) is 4.77. The molecular weight excluding hydrogens is 215 g/mol. The molecule has 78 valence electrons. The minimum Gasteiger partial charge on any atom is -0.271 e. The van der Waals surface area contributed by atoms with Gasteiger partial charge in [-0.3, -0.25) is 9.42 Å². The molecule has 0 aromatic rings.